The van der Waals surface area contributed by atoms with Gasteiger partial charge in [-0.25, -0.2) is 9.78 Å². The van der Waals surface area contributed by atoms with Gasteiger partial charge in [0.15, 0.2) is 0 Å². The van der Waals surface area contributed by atoms with Gasteiger partial charge in [-0.05, 0) is 11.5 Å². The number of rotatable bonds is 3. The Morgan fingerprint density at radius 1 is 1.56 bits per heavy atom. The molecule has 88 valence electrons. The summed E-state index contributed by atoms with van der Waals surface area (Å²) in [6, 6.07) is 1.39. The molecular weight excluding hydrogens is 228 g/mol. The van der Waals surface area contributed by atoms with Crippen LogP contribution in [0.25, 0.3) is 0 Å². The molecule has 0 fully saturated rings. The summed E-state index contributed by atoms with van der Waals surface area (Å²) in [7, 11) is 0. The topological polar surface area (TPSA) is 62.2 Å². The predicted octanol–water partition coefficient (Wildman–Crippen LogP) is 2.89. The van der Waals surface area contributed by atoms with Crippen LogP contribution in [0.1, 0.15) is 31.1 Å². The number of aromatic carboxylic acids is 1. The minimum atomic E-state index is -1.03. The highest BCUT2D eigenvalue weighted by atomic mass is 35.5. The van der Waals surface area contributed by atoms with Crippen LogP contribution in [0.5, 0.6) is 0 Å². The first kappa shape index (κ1) is 12.8. The fourth-order valence-electron chi connectivity index (χ4n) is 1.03. The lowest BCUT2D eigenvalue weighted by atomic mass is 9.97. The Morgan fingerprint density at radius 2 is 2.19 bits per heavy atom. The second-order valence-corrected chi connectivity index (χ2v) is 5.18. The maximum Gasteiger partial charge on any atom is 0.337 e. The molecule has 0 bridgehead atoms. The van der Waals surface area contributed by atoms with Crippen LogP contribution in [0.15, 0.2) is 12.3 Å². The zero-order chi connectivity index (χ0) is 12.3. The zero-order valence-electron chi connectivity index (χ0n) is 9.54. The van der Waals surface area contributed by atoms with Crippen molar-refractivity contribution >= 4 is 23.4 Å². The van der Waals surface area contributed by atoms with Crippen molar-refractivity contribution in [2.24, 2.45) is 5.41 Å². The van der Waals surface area contributed by atoms with E-state index in [2.05, 4.69) is 31.1 Å². The second-order valence-electron chi connectivity index (χ2n) is 4.77. The second kappa shape index (κ2) is 4.70. The highest BCUT2D eigenvalue weighted by Crippen LogP contribution is 2.22. The van der Waals surface area contributed by atoms with Gasteiger partial charge in [-0.1, -0.05) is 32.4 Å². The van der Waals surface area contributed by atoms with Gasteiger partial charge >= 0.3 is 5.97 Å². The molecule has 16 heavy (non-hydrogen) atoms. The minimum Gasteiger partial charge on any atom is -0.478 e. The van der Waals surface area contributed by atoms with Gasteiger partial charge in [0, 0.05) is 12.7 Å². The standard InChI is InChI=1S/C11H15ClN2O2/c1-11(2,3)6-14-9-8(12)4-7(5-13-9)10(15)16/h4-5H,6H2,1-3H3,(H,13,14)(H,15,16). The Labute approximate surface area is 99.6 Å². The summed E-state index contributed by atoms with van der Waals surface area (Å²) in [5.74, 6) is -0.515. The summed E-state index contributed by atoms with van der Waals surface area (Å²) < 4.78 is 0. The number of nitrogens with zero attached hydrogens (tertiary/aromatic N) is 1. The van der Waals surface area contributed by atoms with Crippen LogP contribution in [-0.2, 0) is 0 Å². The van der Waals surface area contributed by atoms with Gasteiger partial charge in [0.05, 0.1) is 10.6 Å². The molecule has 0 radical (unpaired) electrons. The largest absolute Gasteiger partial charge is 0.478 e. The van der Waals surface area contributed by atoms with Crippen molar-refractivity contribution in [3.8, 4) is 0 Å². The van der Waals surface area contributed by atoms with Crippen molar-refractivity contribution in [3.63, 3.8) is 0 Å². The van der Waals surface area contributed by atoms with E-state index in [-0.39, 0.29) is 11.0 Å². The molecule has 1 rings (SSSR count). The van der Waals surface area contributed by atoms with Crippen molar-refractivity contribution in [2.75, 3.05) is 11.9 Å². The Kier molecular flexibility index (Phi) is 3.75. The summed E-state index contributed by atoms with van der Waals surface area (Å²) in [5, 5.41) is 12.1. The molecule has 1 heterocycles. The van der Waals surface area contributed by atoms with E-state index in [4.69, 9.17) is 16.7 Å². The van der Waals surface area contributed by atoms with Crippen LogP contribution in [0.2, 0.25) is 5.02 Å². The summed E-state index contributed by atoms with van der Waals surface area (Å²) >= 11 is 5.91. The lowest BCUT2D eigenvalue weighted by Crippen LogP contribution is -2.19. The maximum atomic E-state index is 10.7. The molecule has 0 saturated carbocycles. The number of anilines is 1. The number of hydrogen-bond donors (Lipinski definition) is 2. The molecule has 0 aromatic carbocycles. The third kappa shape index (κ3) is 3.70. The summed E-state index contributed by atoms with van der Waals surface area (Å²) in [5.41, 5.74) is 0.197. The summed E-state index contributed by atoms with van der Waals surface area (Å²) in [4.78, 5) is 14.6. The number of pyridine rings is 1. The molecule has 0 atom stereocenters. The fourth-order valence-corrected chi connectivity index (χ4v) is 1.27. The fraction of sp³-hybridized carbons (Fsp3) is 0.455. The maximum absolute atomic E-state index is 10.7. The van der Waals surface area contributed by atoms with Crippen LogP contribution < -0.4 is 5.32 Å². The summed E-state index contributed by atoms with van der Waals surface area (Å²) in [6.45, 7) is 6.96. The van der Waals surface area contributed by atoms with E-state index in [0.717, 1.165) is 0 Å². The third-order valence-corrected chi connectivity index (χ3v) is 2.16. The number of carbonyl (C=O) groups is 1. The Hall–Kier alpha value is -1.29. The minimum absolute atomic E-state index is 0.0892. The van der Waals surface area contributed by atoms with E-state index in [0.29, 0.717) is 17.4 Å². The number of aromatic nitrogens is 1. The highest BCUT2D eigenvalue weighted by Gasteiger charge is 2.12. The van der Waals surface area contributed by atoms with E-state index >= 15 is 0 Å². The zero-order valence-corrected chi connectivity index (χ0v) is 10.3. The van der Waals surface area contributed by atoms with Crippen LogP contribution in [-0.4, -0.2) is 22.6 Å². The number of carboxylic acid groups (broad SMARTS) is 1. The first-order valence-electron chi connectivity index (χ1n) is 4.92. The number of halogens is 1. The molecule has 2 N–H and O–H groups in total. The molecule has 0 aliphatic carbocycles. The van der Waals surface area contributed by atoms with Crippen LogP contribution in [0, 0.1) is 5.41 Å². The molecule has 4 nitrogen and oxygen atoms in total. The molecule has 0 aliphatic heterocycles. The Bertz CT molecular complexity index is 399. The van der Waals surface area contributed by atoms with Gasteiger partial charge in [0.2, 0.25) is 0 Å². The van der Waals surface area contributed by atoms with Crippen molar-refractivity contribution in [2.45, 2.75) is 20.8 Å². The van der Waals surface area contributed by atoms with Gasteiger partial charge < -0.3 is 10.4 Å². The molecule has 5 heteroatoms. The quantitative estimate of drug-likeness (QED) is 0.856. The highest BCUT2D eigenvalue weighted by molar-refractivity contribution is 6.33. The SMILES string of the molecule is CC(C)(C)CNc1ncc(C(=O)O)cc1Cl. The van der Waals surface area contributed by atoms with E-state index in [1.54, 1.807) is 0 Å². The van der Waals surface area contributed by atoms with E-state index in [9.17, 15) is 4.79 Å². The van der Waals surface area contributed by atoms with E-state index in [1.807, 2.05) is 0 Å². The number of hydrogen-bond acceptors (Lipinski definition) is 3. The third-order valence-electron chi connectivity index (χ3n) is 1.87. The van der Waals surface area contributed by atoms with Crippen molar-refractivity contribution in [1.29, 1.82) is 0 Å². The lowest BCUT2D eigenvalue weighted by Gasteiger charge is -2.19. The monoisotopic (exact) mass is 242 g/mol. The lowest BCUT2D eigenvalue weighted by molar-refractivity contribution is 0.0696. The molecule has 1 aromatic rings. The van der Waals surface area contributed by atoms with Crippen LogP contribution in [0.3, 0.4) is 0 Å². The molecule has 1 aromatic heterocycles. The van der Waals surface area contributed by atoms with E-state index < -0.39 is 5.97 Å². The molecular formula is C11H15ClN2O2. The van der Waals surface area contributed by atoms with Gasteiger partial charge in [0.1, 0.15) is 5.82 Å². The first-order chi connectivity index (χ1) is 7.29. The molecule has 0 saturated heterocycles. The van der Waals surface area contributed by atoms with E-state index in [1.165, 1.54) is 12.3 Å². The van der Waals surface area contributed by atoms with Crippen molar-refractivity contribution < 1.29 is 9.90 Å². The van der Waals surface area contributed by atoms with Crippen LogP contribution >= 0.6 is 11.6 Å². The normalized spacial score (nSPS) is 11.2. The van der Waals surface area contributed by atoms with Gasteiger partial charge in [-0.3, -0.25) is 0 Å². The molecule has 0 unspecified atom stereocenters. The smallest absolute Gasteiger partial charge is 0.337 e. The van der Waals surface area contributed by atoms with Crippen LogP contribution in [0.4, 0.5) is 5.82 Å². The average molecular weight is 243 g/mol. The predicted molar refractivity (Wildman–Crippen MR) is 64.2 cm³/mol. The average Bonchev–Trinajstić information content (AvgIpc) is 2.14. The molecule has 0 spiro atoms. The van der Waals surface area contributed by atoms with Crippen molar-refractivity contribution in [3.05, 3.63) is 22.8 Å². The first-order valence-corrected chi connectivity index (χ1v) is 5.30. The van der Waals surface area contributed by atoms with Gasteiger partial charge in [-0.15, -0.1) is 0 Å². The summed E-state index contributed by atoms with van der Waals surface area (Å²) in [6.07, 6.45) is 1.29. The number of carboxylic acids is 1. The Morgan fingerprint density at radius 3 is 2.62 bits per heavy atom. The van der Waals surface area contributed by atoms with Gasteiger partial charge in [0.25, 0.3) is 0 Å². The van der Waals surface area contributed by atoms with Gasteiger partial charge in [-0.2, -0.15) is 0 Å². The Balaban J connectivity index is 2.80. The molecule has 0 amide bonds. The number of nitrogens with one attached hydrogen (secondary N) is 1. The van der Waals surface area contributed by atoms with Crippen molar-refractivity contribution in [1.82, 2.24) is 4.98 Å². The molecule has 0 aliphatic rings.